The zero-order valence-corrected chi connectivity index (χ0v) is 10.5. The first-order chi connectivity index (χ1) is 7.88. The minimum atomic E-state index is -1.07. The predicted molar refractivity (Wildman–Crippen MR) is 66.6 cm³/mol. The monoisotopic (exact) mass is 257 g/mol. The molecule has 0 aliphatic carbocycles. The minimum absolute atomic E-state index is 0.0732. The van der Waals surface area contributed by atoms with E-state index in [1.807, 2.05) is 13.8 Å². The van der Waals surface area contributed by atoms with Crippen molar-refractivity contribution in [3.8, 4) is 5.75 Å². The first kappa shape index (κ1) is 13.8. The molecule has 1 aromatic rings. The highest BCUT2D eigenvalue weighted by molar-refractivity contribution is 6.31. The normalized spacial score (nSPS) is 12.8. The summed E-state index contributed by atoms with van der Waals surface area (Å²) < 4.78 is 0. The van der Waals surface area contributed by atoms with Crippen LogP contribution in [-0.4, -0.2) is 22.7 Å². The first-order valence-corrected chi connectivity index (χ1v) is 5.71. The number of aromatic hydroxyl groups is 1. The summed E-state index contributed by atoms with van der Waals surface area (Å²) in [6.45, 7) is 3.80. The van der Waals surface area contributed by atoms with Crippen LogP contribution in [0.4, 0.5) is 0 Å². The molecule has 0 aromatic heterocycles. The number of phenolic OH excluding ortho intramolecular Hbond substituents is 1. The fourth-order valence-electron chi connectivity index (χ4n) is 1.68. The van der Waals surface area contributed by atoms with Crippen molar-refractivity contribution < 1.29 is 15.0 Å². The molecular weight excluding hydrogens is 242 g/mol. The van der Waals surface area contributed by atoms with Crippen LogP contribution in [-0.2, 0) is 4.79 Å². The standard InChI is InChI=1S/C12H16ClNO3/c1-6(2)7-4-11(15)8(3-10(7)13)9(5-14)12(16)17/h3-4,6,9,15H,5,14H2,1-2H3,(H,16,17). The number of hydrogen-bond acceptors (Lipinski definition) is 3. The molecule has 0 heterocycles. The maximum absolute atomic E-state index is 11.0. The van der Waals surface area contributed by atoms with Gasteiger partial charge in [-0.15, -0.1) is 0 Å². The third-order valence-corrected chi connectivity index (χ3v) is 3.00. The summed E-state index contributed by atoms with van der Waals surface area (Å²) in [4.78, 5) is 11.0. The van der Waals surface area contributed by atoms with Gasteiger partial charge < -0.3 is 15.9 Å². The van der Waals surface area contributed by atoms with Crippen molar-refractivity contribution >= 4 is 17.6 Å². The molecule has 17 heavy (non-hydrogen) atoms. The number of carboxylic acid groups (broad SMARTS) is 1. The van der Waals surface area contributed by atoms with E-state index < -0.39 is 11.9 Å². The number of halogens is 1. The molecule has 0 amide bonds. The van der Waals surface area contributed by atoms with Gasteiger partial charge in [-0.2, -0.15) is 0 Å². The van der Waals surface area contributed by atoms with Gasteiger partial charge in [0.2, 0.25) is 0 Å². The van der Waals surface area contributed by atoms with Crippen molar-refractivity contribution in [1.82, 2.24) is 0 Å². The summed E-state index contributed by atoms with van der Waals surface area (Å²) in [7, 11) is 0. The van der Waals surface area contributed by atoms with Crippen LogP contribution in [0, 0.1) is 0 Å². The molecule has 0 radical (unpaired) electrons. The van der Waals surface area contributed by atoms with E-state index in [9.17, 15) is 9.90 Å². The number of hydrogen-bond donors (Lipinski definition) is 3. The fraction of sp³-hybridized carbons (Fsp3) is 0.417. The van der Waals surface area contributed by atoms with Gasteiger partial charge in [-0.3, -0.25) is 4.79 Å². The zero-order valence-electron chi connectivity index (χ0n) is 9.77. The van der Waals surface area contributed by atoms with Crippen LogP contribution in [0.1, 0.15) is 36.8 Å². The Kier molecular flexibility index (Phi) is 4.37. The van der Waals surface area contributed by atoms with E-state index in [4.69, 9.17) is 22.4 Å². The highest BCUT2D eigenvalue weighted by Crippen LogP contribution is 2.34. The molecule has 4 nitrogen and oxygen atoms in total. The van der Waals surface area contributed by atoms with Crippen molar-refractivity contribution in [3.63, 3.8) is 0 Å². The molecule has 0 aliphatic heterocycles. The van der Waals surface area contributed by atoms with E-state index in [2.05, 4.69) is 0 Å². The summed E-state index contributed by atoms with van der Waals surface area (Å²) in [5.41, 5.74) is 6.43. The van der Waals surface area contributed by atoms with Gasteiger partial charge in [0.15, 0.2) is 0 Å². The molecular formula is C12H16ClNO3. The molecule has 1 atom stereocenters. The van der Waals surface area contributed by atoms with Crippen LogP contribution in [0.5, 0.6) is 5.75 Å². The minimum Gasteiger partial charge on any atom is -0.508 e. The highest BCUT2D eigenvalue weighted by Gasteiger charge is 2.23. The van der Waals surface area contributed by atoms with Gasteiger partial charge >= 0.3 is 5.97 Å². The average molecular weight is 258 g/mol. The third-order valence-electron chi connectivity index (χ3n) is 2.68. The largest absolute Gasteiger partial charge is 0.508 e. The lowest BCUT2D eigenvalue weighted by Gasteiger charge is -2.16. The Morgan fingerprint density at radius 2 is 2.00 bits per heavy atom. The lowest BCUT2D eigenvalue weighted by atomic mass is 9.94. The molecule has 5 heteroatoms. The number of aliphatic carboxylic acids is 1. The summed E-state index contributed by atoms with van der Waals surface area (Å²) in [6, 6.07) is 2.99. The van der Waals surface area contributed by atoms with E-state index in [1.165, 1.54) is 12.1 Å². The summed E-state index contributed by atoms with van der Waals surface area (Å²) in [5.74, 6) is -1.93. The number of phenols is 1. The molecule has 0 fully saturated rings. The molecule has 1 aromatic carbocycles. The van der Waals surface area contributed by atoms with Gasteiger partial charge in [0.25, 0.3) is 0 Å². The Morgan fingerprint density at radius 3 is 2.41 bits per heavy atom. The summed E-state index contributed by atoms with van der Waals surface area (Å²) in [6.07, 6.45) is 0. The second kappa shape index (κ2) is 5.38. The second-order valence-corrected chi connectivity index (χ2v) is 4.62. The molecule has 0 bridgehead atoms. The maximum Gasteiger partial charge on any atom is 0.312 e. The van der Waals surface area contributed by atoms with Gasteiger partial charge in [0.05, 0.1) is 5.92 Å². The Bertz CT molecular complexity index is 432. The third kappa shape index (κ3) is 2.90. The Balaban J connectivity index is 3.28. The molecule has 1 rings (SSSR count). The van der Waals surface area contributed by atoms with Crippen molar-refractivity contribution in [2.45, 2.75) is 25.7 Å². The molecule has 0 spiro atoms. The number of carbonyl (C=O) groups is 1. The lowest BCUT2D eigenvalue weighted by Crippen LogP contribution is -2.21. The molecule has 4 N–H and O–H groups in total. The van der Waals surface area contributed by atoms with Crippen LogP contribution < -0.4 is 5.73 Å². The van der Waals surface area contributed by atoms with Crippen molar-refractivity contribution in [2.75, 3.05) is 6.54 Å². The molecule has 94 valence electrons. The van der Waals surface area contributed by atoms with Gasteiger partial charge in [-0.05, 0) is 23.6 Å². The van der Waals surface area contributed by atoms with Crippen LogP contribution in [0.3, 0.4) is 0 Å². The van der Waals surface area contributed by atoms with E-state index >= 15 is 0 Å². The highest BCUT2D eigenvalue weighted by atomic mass is 35.5. The van der Waals surface area contributed by atoms with Gasteiger partial charge in [0.1, 0.15) is 5.75 Å². The summed E-state index contributed by atoms with van der Waals surface area (Å²) in [5, 5.41) is 19.3. The van der Waals surface area contributed by atoms with Crippen LogP contribution in [0.2, 0.25) is 5.02 Å². The van der Waals surface area contributed by atoms with Gasteiger partial charge in [-0.1, -0.05) is 25.4 Å². The van der Waals surface area contributed by atoms with Crippen molar-refractivity contribution in [1.29, 1.82) is 0 Å². The first-order valence-electron chi connectivity index (χ1n) is 5.33. The smallest absolute Gasteiger partial charge is 0.312 e. The number of nitrogens with two attached hydrogens (primary N) is 1. The summed E-state index contributed by atoms with van der Waals surface area (Å²) >= 11 is 6.06. The number of benzene rings is 1. The zero-order chi connectivity index (χ0) is 13.2. The lowest BCUT2D eigenvalue weighted by molar-refractivity contribution is -0.138. The molecule has 0 saturated heterocycles. The number of carboxylic acids is 1. The van der Waals surface area contributed by atoms with E-state index in [1.54, 1.807) is 0 Å². The van der Waals surface area contributed by atoms with Crippen LogP contribution in [0.15, 0.2) is 12.1 Å². The van der Waals surface area contributed by atoms with Crippen molar-refractivity contribution in [2.24, 2.45) is 5.73 Å². The molecule has 0 aliphatic rings. The second-order valence-electron chi connectivity index (χ2n) is 4.21. The van der Waals surface area contributed by atoms with Gasteiger partial charge in [-0.25, -0.2) is 0 Å². The quantitative estimate of drug-likeness (QED) is 0.773. The Morgan fingerprint density at radius 1 is 1.41 bits per heavy atom. The Hall–Kier alpha value is -1.26. The number of rotatable bonds is 4. The molecule has 0 saturated carbocycles. The van der Waals surface area contributed by atoms with Crippen LogP contribution >= 0.6 is 11.6 Å². The van der Waals surface area contributed by atoms with E-state index in [0.29, 0.717) is 5.02 Å². The average Bonchev–Trinajstić information content (AvgIpc) is 2.22. The van der Waals surface area contributed by atoms with Crippen LogP contribution in [0.25, 0.3) is 0 Å². The van der Waals surface area contributed by atoms with Crippen molar-refractivity contribution in [3.05, 3.63) is 28.3 Å². The molecule has 1 unspecified atom stereocenters. The predicted octanol–water partition coefficient (Wildman–Crippen LogP) is 2.30. The van der Waals surface area contributed by atoms with Gasteiger partial charge in [0, 0.05) is 17.1 Å². The van der Waals surface area contributed by atoms with E-state index in [0.717, 1.165) is 5.56 Å². The fourth-order valence-corrected chi connectivity index (χ4v) is 2.07. The van der Waals surface area contributed by atoms with E-state index in [-0.39, 0.29) is 23.8 Å². The Labute approximate surface area is 105 Å². The SMILES string of the molecule is CC(C)c1cc(O)c(C(CN)C(=O)O)cc1Cl. The maximum atomic E-state index is 11.0. The topological polar surface area (TPSA) is 83.5 Å².